The van der Waals surface area contributed by atoms with E-state index in [4.69, 9.17) is 4.74 Å². The van der Waals surface area contributed by atoms with Crippen molar-refractivity contribution in [2.24, 2.45) is 4.99 Å². The van der Waals surface area contributed by atoms with Crippen LogP contribution in [-0.4, -0.2) is 47.9 Å². The Labute approximate surface area is 167 Å². The quantitative estimate of drug-likeness (QED) is 0.276. The molecular weight excluding hydrogens is 429 g/mol. The van der Waals surface area contributed by atoms with Gasteiger partial charge in [-0.25, -0.2) is 4.98 Å². The summed E-state index contributed by atoms with van der Waals surface area (Å²) in [6.45, 7) is 9.36. The number of hydrogen-bond donors (Lipinski definition) is 2. The van der Waals surface area contributed by atoms with E-state index in [1.54, 1.807) is 7.11 Å². The van der Waals surface area contributed by atoms with E-state index in [0.29, 0.717) is 6.54 Å². The van der Waals surface area contributed by atoms with Gasteiger partial charge in [0.25, 0.3) is 0 Å². The third-order valence-electron chi connectivity index (χ3n) is 3.91. The van der Waals surface area contributed by atoms with Gasteiger partial charge in [0.15, 0.2) is 5.96 Å². The van der Waals surface area contributed by atoms with E-state index in [-0.39, 0.29) is 29.6 Å². The number of guanidine groups is 1. The van der Waals surface area contributed by atoms with Gasteiger partial charge in [0.1, 0.15) is 0 Å². The number of fused-ring (bicyclic) bond motifs is 1. The smallest absolute Gasteiger partial charge is 0.191 e. The minimum Gasteiger partial charge on any atom is -0.377 e. The van der Waals surface area contributed by atoms with Crippen LogP contribution < -0.4 is 10.6 Å². The monoisotopic (exact) mass is 459 g/mol. The first kappa shape index (κ1) is 21.7. The van der Waals surface area contributed by atoms with Gasteiger partial charge in [-0.15, -0.1) is 24.0 Å². The van der Waals surface area contributed by atoms with Crippen molar-refractivity contribution in [2.75, 3.05) is 26.7 Å². The number of nitrogens with one attached hydrogen (secondary N) is 2. The van der Waals surface area contributed by atoms with Gasteiger partial charge in [0, 0.05) is 26.7 Å². The number of aryl methyl sites for hydroxylation is 1. The standard InChI is InChI=1S/C18H29N5O.HI/c1-5-19-17(21-13-18(2,3)24-4)20-11-8-12-23-14-22-15-9-6-7-10-16(15)23;/h6-7,9-10,14H,5,8,11-13H2,1-4H3,(H2,19,20,21);1H. The summed E-state index contributed by atoms with van der Waals surface area (Å²) in [5.74, 6) is 0.832. The highest BCUT2D eigenvalue weighted by Crippen LogP contribution is 2.11. The van der Waals surface area contributed by atoms with Gasteiger partial charge >= 0.3 is 0 Å². The lowest BCUT2D eigenvalue weighted by atomic mass is 10.1. The maximum atomic E-state index is 5.41. The van der Waals surface area contributed by atoms with E-state index >= 15 is 0 Å². The molecule has 0 unspecified atom stereocenters. The fourth-order valence-corrected chi connectivity index (χ4v) is 2.32. The highest BCUT2D eigenvalue weighted by molar-refractivity contribution is 14.0. The second-order valence-corrected chi connectivity index (χ2v) is 6.37. The Morgan fingerprint density at radius 2 is 2.04 bits per heavy atom. The van der Waals surface area contributed by atoms with Crippen LogP contribution in [0.3, 0.4) is 0 Å². The minimum atomic E-state index is -0.252. The van der Waals surface area contributed by atoms with Crippen LogP contribution in [0.25, 0.3) is 11.0 Å². The Morgan fingerprint density at radius 3 is 2.76 bits per heavy atom. The molecule has 0 spiro atoms. The molecule has 2 N–H and O–H groups in total. The number of aromatic nitrogens is 2. The topological polar surface area (TPSA) is 63.5 Å². The second kappa shape index (κ2) is 10.6. The van der Waals surface area contributed by atoms with Gasteiger partial charge in [-0.2, -0.15) is 0 Å². The van der Waals surface area contributed by atoms with Crippen LogP contribution in [-0.2, 0) is 11.3 Å². The van der Waals surface area contributed by atoms with Gasteiger partial charge in [-0.1, -0.05) is 12.1 Å². The summed E-state index contributed by atoms with van der Waals surface area (Å²) in [7, 11) is 1.71. The van der Waals surface area contributed by atoms with Crippen molar-refractivity contribution in [2.45, 2.75) is 39.3 Å². The third kappa shape index (κ3) is 6.81. The van der Waals surface area contributed by atoms with E-state index in [1.807, 2.05) is 38.4 Å². The molecule has 2 rings (SSSR count). The maximum absolute atomic E-state index is 5.41. The lowest BCUT2D eigenvalue weighted by Gasteiger charge is -2.21. The Kier molecular flexibility index (Phi) is 9.20. The van der Waals surface area contributed by atoms with Crippen LogP contribution in [0.5, 0.6) is 0 Å². The zero-order valence-electron chi connectivity index (χ0n) is 15.6. The molecule has 1 heterocycles. The summed E-state index contributed by atoms with van der Waals surface area (Å²) in [6.07, 6.45) is 2.91. The van der Waals surface area contributed by atoms with Crippen molar-refractivity contribution in [3.8, 4) is 0 Å². The van der Waals surface area contributed by atoms with E-state index in [1.165, 1.54) is 5.52 Å². The summed E-state index contributed by atoms with van der Waals surface area (Å²) in [5, 5.41) is 6.64. The van der Waals surface area contributed by atoms with Crippen molar-refractivity contribution < 1.29 is 4.74 Å². The molecule has 0 radical (unpaired) electrons. The largest absolute Gasteiger partial charge is 0.377 e. The lowest BCUT2D eigenvalue weighted by Crippen LogP contribution is -2.39. The molecule has 0 saturated carbocycles. The van der Waals surface area contributed by atoms with Crippen molar-refractivity contribution in [3.05, 3.63) is 30.6 Å². The SMILES string of the molecule is CCNC(=NCC(C)(C)OC)NCCCn1cnc2ccccc21.I. The zero-order chi connectivity index (χ0) is 17.4. The average molecular weight is 459 g/mol. The minimum absolute atomic E-state index is 0. The molecule has 0 atom stereocenters. The summed E-state index contributed by atoms with van der Waals surface area (Å²) in [5.41, 5.74) is 1.97. The van der Waals surface area contributed by atoms with Crippen molar-refractivity contribution in [1.82, 2.24) is 20.2 Å². The van der Waals surface area contributed by atoms with Crippen molar-refractivity contribution in [3.63, 3.8) is 0 Å². The van der Waals surface area contributed by atoms with E-state index < -0.39 is 0 Å². The number of ether oxygens (including phenoxy) is 1. The Morgan fingerprint density at radius 1 is 1.28 bits per heavy atom. The number of rotatable bonds is 8. The predicted octanol–water partition coefficient (Wildman–Crippen LogP) is 3.02. The first-order chi connectivity index (χ1) is 11.6. The molecule has 0 bridgehead atoms. The van der Waals surface area contributed by atoms with Gasteiger partial charge in [0.2, 0.25) is 0 Å². The Hall–Kier alpha value is -1.35. The summed E-state index contributed by atoms with van der Waals surface area (Å²) in [6, 6.07) is 8.21. The molecule has 7 heteroatoms. The van der Waals surface area contributed by atoms with Gasteiger partial charge < -0.3 is 19.9 Å². The molecule has 0 fully saturated rings. The molecule has 0 aliphatic rings. The molecule has 25 heavy (non-hydrogen) atoms. The number of aliphatic imine (C=N–C) groups is 1. The molecule has 0 aliphatic heterocycles. The van der Waals surface area contributed by atoms with Crippen molar-refractivity contribution in [1.29, 1.82) is 0 Å². The predicted molar refractivity (Wildman–Crippen MR) is 115 cm³/mol. The van der Waals surface area contributed by atoms with Gasteiger partial charge in [-0.05, 0) is 39.3 Å². The van der Waals surface area contributed by atoms with Crippen LogP contribution in [0.1, 0.15) is 27.2 Å². The fraction of sp³-hybridized carbons (Fsp3) is 0.556. The number of nitrogens with zero attached hydrogens (tertiary/aromatic N) is 3. The highest BCUT2D eigenvalue weighted by atomic mass is 127. The van der Waals surface area contributed by atoms with Crippen LogP contribution >= 0.6 is 24.0 Å². The third-order valence-corrected chi connectivity index (χ3v) is 3.91. The second-order valence-electron chi connectivity index (χ2n) is 6.37. The molecule has 0 saturated heterocycles. The lowest BCUT2D eigenvalue weighted by molar-refractivity contribution is 0.0310. The summed E-state index contributed by atoms with van der Waals surface area (Å²) in [4.78, 5) is 9.01. The van der Waals surface area contributed by atoms with Gasteiger partial charge in [0.05, 0.1) is 29.5 Å². The van der Waals surface area contributed by atoms with Crippen LogP contribution in [0.15, 0.2) is 35.6 Å². The van der Waals surface area contributed by atoms with Crippen molar-refractivity contribution >= 4 is 41.0 Å². The average Bonchev–Trinajstić information content (AvgIpc) is 3.00. The summed E-state index contributed by atoms with van der Waals surface area (Å²) < 4.78 is 7.60. The number of para-hydroxylation sites is 2. The molecule has 140 valence electrons. The molecular formula is C18H30IN5O. The molecule has 2 aromatic rings. The summed E-state index contributed by atoms with van der Waals surface area (Å²) >= 11 is 0. The Balaban J connectivity index is 0.00000312. The molecule has 1 aromatic heterocycles. The van der Waals surface area contributed by atoms with E-state index in [9.17, 15) is 0 Å². The van der Waals surface area contributed by atoms with E-state index in [0.717, 1.165) is 37.5 Å². The van der Waals surface area contributed by atoms with Crippen LogP contribution in [0.2, 0.25) is 0 Å². The fourth-order valence-electron chi connectivity index (χ4n) is 2.32. The first-order valence-electron chi connectivity index (χ1n) is 8.53. The maximum Gasteiger partial charge on any atom is 0.191 e. The number of imidazole rings is 1. The molecule has 0 aliphatic carbocycles. The number of hydrogen-bond acceptors (Lipinski definition) is 3. The first-order valence-corrected chi connectivity index (χ1v) is 8.53. The Bertz CT molecular complexity index is 668. The molecule has 6 nitrogen and oxygen atoms in total. The number of benzene rings is 1. The number of methoxy groups -OCH3 is 1. The number of halogens is 1. The molecule has 1 aromatic carbocycles. The van der Waals surface area contributed by atoms with Crippen LogP contribution in [0, 0.1) is 0 Å². The van der Waals surface area contributed by atoms with E-state index in [2.05, 4.69) is 38.2 Å². The molecule has 0 amide bonds. The highest BCUT2D eigenvalue weighted by Gasteiger charge is 2.15. The zero-order valence-corrected chi connectivity index (χ0v) is 17.9. The van der Waals surface area contributed by atoms with Gasteiger partial charge in [-0.3, -0.25) is 4.99 Å². The normalized spacial score (nSPS) is 12.1. The van der Waals surface area contributed by atoms with Crippen LogP contribution in [0.4, 0.5) is 0 Å².